The average Bonchev–Trinajstić information content (AvgIpc) is 2.74. The second-order valence-corrected chi connectivity index (χ2v) is 8.37. The third kappa shape index (κ3) is 3.47. The Balaban J connectivity index is 1.94. The summed E-state index contributed by atoms with van der Waals surface area (Å²) in [7, 11) is 0. The minimum absolute atomic E-state index is 0.109. The SMILES string of the molecule is CC(=O)OC[C@H]1O[C@@H]([C@]2(O)c3cccc(O)c3C(=O)c3c(O)cc(C)cc32)[C@H](O)[C@@H](O)[C@@H]1O. The Morgan fingerprint density at radius 1 is 1.03 bits per heavy atom. The van der Waals surface area contributed by atoms with Crippen LogP contribution in [-0.2, 0) is 19.9 Å². The van der Waals surface area contributed by atoms with Crippen LogP contribution in [0.5, 0.6) is 11.5 Å². The maximum absolute atomic E-state index is 13.2. The highest BCUT2D eigenvalue weighted by Gasteiger charge is 2.58. The molecule has 6 atom stereocenters. The molecule has 6 N–H and O–H groups in total. The molecule has 1 aliphatic carbocycles. The lowest BCUT2D eigenvalue weighted by molar-refractivity contribution is -0.266. The summed E-state index contributed by atoms with van der Waals surface area (Å²) >= 11 is 0. The molecule has 176 valence electrons. The maximum atomic E-state index is 13.2. The molecule has 0 bridgehead atoms. The van der Waals surface area contributed by atoms with Crippen LogP contribution in [0.3, 0.4) is 0 Å². The minimum atomic E-state index is -2.35. The Hall–Kier alpha value is -3.02. The van der Waals surface area contributed by atoms with Gasteiger partial charge in [-0.2, -0.15) is 0 Å². The highest BCUT2D eigenvalue weighted by Crippen LogP contribution is 2.50. The van der Waals surface area contributed by atoms with Crippen LogP contribution in [0, 0.1) is 6.92 Å². The van der Waals surface area contributed by atoms with E-state index < -0.39 is 66.0 Å². The third-order valence-electron chi connectivity index (χ3n) is 6.15. The van der Waals surface area contributed by atoms with Gasteiger partial charge in [0.05, 0.1) is 11.1 Å². The molecule has 2 aliphatic rings. The van der Waals surface area contributed by atoms with E-state index in [-0.39, 0.29) is 22.3 Å². The molecular weight excluding hydrogens is 436 g/mol. The number of aliphatic hydroxyl groups excluding tert-OH is 3. The van der Waals surface area contributed by atoms with Gasteiger partial charge in [-0.15, -0.1) is 0 Å². The Kier molecular flexibility index (Phi) is 5.67. The molecule has 1 aliphatic heterocycles. The number of benzene rings is 2. The van der Waals surface area contributed by atoms with Gasteiger partial charge in [-0.25, -0.2) is 0 Å². The molecule has 0 spiro atoms. The van der Waals surface area contributed by atoms with Crippen LogP contribution >= 0.6 is 0 Å². The van der Waals surface area contributed by atoms with Crippen molar-refractivity contribution in [3.8, 4) is 11.5 Å². The molecule has 0 unspecified atom stereocenters. The van der Waals surface area contributed by atoms with E-state index in [9.17, 15) is 40.2 Å². The van der Waals surface area contributed by atoms with Crippen molar-refractivity contribution >= 4 is 11.8 Å². The number of esters is 1. The number of carbonyl (C=O) groups is 2. The highest BCUT2D eigenvalue weighted by atomic mass is 16.6. The Labute approximate surface area is 188 Å². The van der Waals surface area contributed by atoms with E-state index in [4.69, 9.17) is 9.47 Å². The molecule has 2 aromatic rings. The van der Waals surface area contributed by atoms with Gasteiger partial charge in [-0.05, 0) is 24.6 Å². The van der Waals surface area contributed by atoms with Crippen LogP contribution in [0.4, 0.5) is 0 Å². The minimum Gasteiger partial charge on any atom is -0.507 e. The summed E-state index contributed by atoms with van der Waals surface area (Å²) in [4.78, 5) is 24.4. The summed E-state index contributed by atoms with van der Waals surface area (Å²) in [6.07, 6.45) is -8.35. The van der Waals surface area contributed by atoms with Crippen LogP contribution < -0.4 is 0 Å². The zero-order chi connectivity index (χ0) is 24.2. The number of rotatable bonds is 3. The van der Waals surface area contributed by atoms with E-state index >= 15 is 0 Å². The van der Waals surface area contributed by atoms with E-state index in [1.807, 2.05) is 0 Å². The van der Waals surface area contributed by atoms with Crippen molar-refractivity contribution in [3.63, 3.8) is 0 Å². The zero-order valence-electron chi connectivity index (χ0n) is 17.8. The first-order valence-electron chi connectivity index (χ1n) is 10.2. The first kappa shape index (κ1) is 23.1. The maximum Gasteiger partial charge on any atom is 0.302 e. The molecule has 10 heteroatoms. The number of carbonyl (C=O) groups excluding carboxylic acids is 2. The Morgan fingerprint density at radius 3 is 2.36 bits per heavy atom. The normalized spacial score (nSPS) is 31.0. The number of phenols is 2. The van der Waals surface area contributed by atoms with Gasteiger partial charge in [0.15, 0.2) is 0 Å². The second-order valence-electron chi connectivity index (χ2n) is 8.37. The summed E-state index contributed by atoms with van der Waals surface area (Å²) in [5, 5.41) is 64.8. The summed E-state index contributed by atoms with van der Waals surface area (Å²) in [6.45, 7) is 2.27. The Morgan fingerprint density at radius 2 is 1.70 bits per heavy atom. The van der Waals surface area contributed by atoms with Crippen molar-refractivity contribution in [2.45, 2.75) is 50.0 Å². The van der Waals surface area contributed by atoms with E-state index in [1.54, 1.807) is 6.92 Å². The molecule has 1 heterocycles. The molecule has 33 heavy (non-hydrogen) atoms. The van der Waals surface area contributed by atoms with Crippen LogP contribution in [0.2, 0.25) is 0 Å². The van der Waals surface area contributed by atoms with Crippen molar-refractivity contribution < 1.29 is 49.7 Å². The predicted molar refractivity (Wildman–Crippen MR) is 111 cm³/mol. The fourth-order valence-electron chi connectivity index (χ4n) is 4.61. The molecule has 0 aromatic heterocycles. The summed E-state index contributed by atoms with van der Waals surface area (Å²) in [5.41, 5.74) is -2.71. The molecule has 2 aromatic carbocycles. The van der Waals surface area contributed by atoms with E-state index in [0.717, 1.165) is 6.92 Å². The second kappa shape index (κ2) is 8.08. The fraction of sp³-hybridized carbons (Fsp3) is 0.391. The molecule has 1 saturated heterocycles. The van der Waals surface area contributed by atoms with Gasteiger partial charge < -0.3 is 40.1 Å². The zero-order valence-corrected chi connectivity index (χ0v) is 17.8. The summed E-state index contributed by atoms with van der Waals surface area (Å²) in [5.74, 6) is -2.35. The number of aromatic hydroxyl groups is 2. The average molecular weight is 460 g/mol. The fourth-order valence-corrected chi connectivity index (χ4v) is 4.61. The van der Waals surface area contributed by atoms with Crippen LogP contribution in [0.1, 0.15) is 39.5 Å². The third-order valence-corrected chi connectivity index (χ3v) is 6.15. The first-order valence-corrected chi connectivity index (χ1v) is 10.2. The number of hydrogen-bond acceptors (Lipinski definition) is 10. The largest absolute Gasteiger partial charge is 0.507 e. The van der Waals surface area contributed by atoms with Gasteiger partial charge >= 0.3 is 5.97 Å². The topological polar surface area (TPSA) is 174 Å². The van der Waals surface area contributed by atoms with Crippen LogP contribution in [0.25, 0.3) is 0 Å². The molecule has 1 fully saturated rings. The summed E-state index contributed by atoms with van der Waals surface area (Å²) < 4.78 is 10.7. The number of hydrogen-bond donors (Lipinski definition) is 6. The quantitative estimate of drug-likeness (QED) is 0.331. The first-order chi connectivity index (χ1) is 15.5. The van der Waals surface area contributed by atoms with E-state index in [1.165, 1.54) is 30.3 Å². The smallest absolute Gasteiger partial charge is 0.302 e. The van der Waals surface area contributed by atoms with Gasteiger partial charge in [0.1, 0.15) is 54.2 Å². The van der Waals surface area contributed by atoms with E-state index in [0.29, 0.717) is 5.56 Å². The molecule has 0 amide bonds. The number of aryl methyl sites for hydroxylation is 1. The van der Waals surface area contributed by atoms with Crippen LogP contribution in [0.15, 0.2) is 30.3 Å². The standard InChI is InChI=1S/C23H24O10/c1-9-6-12-17(14(26)7-9)19(28)16-11(4-3-5-13(16)25)23(12,31)22-21(30)20(29)18(27)15(33-22)8-32-10(2)24/h3-7,15,18,20-22,25-27,29-31H,8H2,1-2H3/t15-,18-,20+,21-,22-,23+/m1/s1. The lowest BCUT2D eigenvalue weighted by Crippen LogP contribution is -2.65. The number of phenolic OH excluding ortho intramolecular Hbond substituents is 2. The number of aliphatic hydroxyl groups is 4. The molecule has 4 rings (SSSR count). The van der Waals surface area contributed by atoms with Gasteiger partial charge in [0.25, 0.3) is 0 Å². The number of ether oxygens (including phenoxy) is 2. The summed E-state index contributed by atoms with van der Waals surface area (Å²) in [6, 6.07) is 6.69. The van der Waals surface area contributed by atoms with Gasteiger partial charge in [-0.3, -0.25) is 9.59 Å². The van der Waals surface area contributed by atoms with Crippen molar-refractivity contribution in [3.05, 3.63) is 58.1 Å². The van der Waals surface area contributed by atoms with Gasteiger partial charge in [0, 0.05) is 18.1 Å². The van der Waals surface area contributed by atoms with Gasteiger partial charge in [-0.1, -0.05) is 18.2 Å². The van der Waals surface area contributed by atoms with Crippen molar-refractivity contribution in [2.75, 3.05) is 6.61 Å². The molecule has 0 radical (unpaired) electrons. The van der Waals surface area contributed by atoms with Gasteiger partial charge in [0.2, 0.25) is 5.78 Å². The van der Waals surface area contributed by atoms with Crippen molar-refractivity contribution in [1.29, 1.82) is 0 Å². The highest BCUT2D eigenvalue weighted by molar-refractivity contribution is 6.16. The van der Waals surface area contributed by atoms with Crippen LogP contribution in [-0.4, -0.2) is 79.5 Å². The monoisotopic (exact) mass is 460 g/mol. The molecule has 0 saturated carbocycles. The lowest BCUT2D eigenvalue weighted by atomic mass is 9.68. The predicted octanol–water partition coefficient (Wildman–Crippen LogP) is -0.400. The number of fused-ring (bicyclic) bond motifs is 2. The number of ketones is 1. The molecular formula is C23H24O10. The van der Waals surface area contributed by atoms with E-state index in [2.05, 4.69) is 0 Å². The Bertz CT molecular complexity index is 1130. The molecule has 10 nitrogen and oxygen atoms in total. The van der Waals surface area contributed by atoms with Crippen molar-refractivity contribution in [2.24, 2.45) is 0 Å². The van der Waals surface area contributed by atoms with Crippen molar-refractivity contribution in [1.82, 2.24) is 0 Å². The lowest BCUT2D eigenvalue weighted by Gasteiger charge is -2.49.